The number of carbonyl (C=O) groups excluding carboxylic acids is 1. The molecule has 1 rings (SSSR count). The molecule has 0 bridgehead atoms. The number of nitrogens with zero attached hydrogens (tertiary/aromatic N) is 1. The lowest BCUT2D eigenvalue weighted by molar-refractivity contribution is -0.117. The van der Waals surface area contributed by atoms with Crippen molar-refractivity contribution in [1.29, 1.82) is 0 Å². The van der Waals surface area contributed by atoms with E-state index in [1.807, 2.05) is 70.1 Å². The molecule has 0 aliphatic heterocycles. The number of halogens is 2. The minimum Gasteiger partial charge on any atom is -0.428 e. The molecule has 1 aromatic rings. The predicted molar refractivity (Wildman–Crippen MR) is 80.7 cm³/mol. The number of rotatable bonds is 3. The maximum Gasteiger partial charge on any atom is 0.258 e. The molecule has 0 aliphatic rings. The minimum absolute atomic E-state index is 0.0742. The molecule has 0 spiro atoms. The van der Waals surface area contributed by atoms with E-state index in [-0.39, 0.29) is 5.91 Å². The van der Waals surface area contributed by atoms with Crippen LogP contribution in [0.4, 0.5) is 0 Å². The topological polar surface area (TPSA) is 29.5 Å². The third kappa shape index (κ3) is 4.65. The Kier molecular flexibility index (Phi) is 5.84. The molecule has 0 heterocycles. The highest BCUT2D eigenvalue weighted by molar-refractivity contribution is 14.1. The number of hydrogen-bond donors (Lipinski definition) is 0. The summed E-state index contributed by atoms with van der Waals surface area (Å²) in [6, 6.07) is 7.47. The second kappa shape index (κ2) is 6.65. The highest BCUT2D eigenvalue weighted by Gasteiger charge is 1.98. The van der Waals surface area contributed by atoms with Crippen molar-refractivity contribution in [1.82, 2.24) is 2.88 Å². The largest absolute Gasteiger partial charge is 0.428 e. The van der Waals surface area contributed by atoms with Crippen molar-refractivity contribution in [3.8, 4) is 5.75 Å². The van der Waals surface area contributed by atoms with Crippen molar-refractivity contribution >= 4 is 67.2 Å². The van der Waals surface area contributed by atoms with Gasteiger partial charge in [0.15, 0.2) is 23.0 Å². The summed E-state index contributed by atoms with van der Waals surface area (Å²) >= 11 is 3.72. The fraction of sp³-hybridized carbons (Fsp3) is 0. The summed E-state index contributed by atoms with van der Waals surface area (Å²) in [5, 5.41) is 0. The van der Waals surface area contributed by atoms with Crippen LogP contribution in [-0.2, 0) is 4.79 Å². The van der Waals surface area contributed by atoms with Crippen LogP contribution in [-0.4, -0.2) is 8.79 Å². The summed E-state index contributed by atoms with van der Waals surface area (Å²) in [5.74, 6) is 0.718. The van der Waals surface area contributed by atoms with Gasteiger partial charge in [-0.15, -0.1) is 0 Å². The fourth-order valence-electron chi connectivity index (χ4n) is 0.869. The van der Waals surface area contributed by atoms with Gasteiger partial charge in [0.2, 0.25) is 0 Å². The van der Waals surface area contributed by atoms with Crippen molar-refractivity contribution in [2.24, 2.45) is 0 Å². The molecular formula is C9H8I2NO2P. The van der Waals surface area contributed by atoms with Gasteiger partial charge in [-0.3, -0.25) is 7.68 Å². The van der Waals surface area contributed by atoms with Gasteiger partial charge in [-0.05, 0) is 33.2 Å². The van der Waals surface area contributed by atoms with Crippen LogP contribution in [0.2, 0.25) is 0 Å². The summed E-state index contributed by atoms with van der Waals surface area (Å²) in [7, 11) is 2.30. The molecular weight excluding hydrogens is 439 g/mol. The molecule has 15 heavy (non-hydrogen) atoms. The smallest absolute Gasteiger partial charge is 0.258 e. The van der Waals surface area contributed by atoms with Crippen LogP contribution in [0.3, 0.4) is 0 Å². The van der Waals surface area contributed by atoms with Crippen LogP contribution in [0.1, 0.15) is 5.56 Å². The Morgan fingerprint density at radius 2 is 2.00 bits per heavy atom. The summed E-state index contributed by atoms with van der Waals surface area (Å²) < 4.78 is 6.41. The van der Waals surface area contributed by atoms with Crippen LogP contribution in [0.25, 0.3) is 6.08 Å². The van der Waals surface area contributed by atoms with Crippen molar-refractivity contribution < 1.29 is 7.86 Å². The Morgan fingerprint density at radius 3 is 2.47 bits per heavy atom. The quantitative estimate of drug-likeness (QED) is 0.308. The molecule has 80 valence electrons. The average molecular weight is 447 g/mol. The summed E-state index contributed by atoms with van der Waals surface area (Å²) in [5.41, 5.74) is 0.962. The molecule has 1 unspecified atom stereocenters. The monoisotopic (exact) mass is 447 g/mol. The van der Waals surface area contributed by atoms with E-state index in [9.17, 15) is 4.79 Å². The lowest BCUT2D eigenvalue weighted by atomic mass is 10.2. The van der Waals surface area contributed by atoms with Gasteiger partial charge in [0.25, 0.3) is 5.91 Å². The maximum atomic E-state index is 11.2. The Hall–Kier alpha value is 0.120. The van der Waals surface area contributed by atoms with Crippen LogP contribution < -0.4 is 3.07 Å². The third-order valence-electron chi connectivity index (χ3n) is 1.60. The van der Waals surface area contributed by atoms with Crippen molar-refractivity contribution in [3.63, 3.8) is 0 Å². The van der Waals surface area contributed by atoms with E-state index in [0.717, 1.165) is 11.3 Å². The molecule has 3 nitrogen and oxygen atoms in total. The van der Waals surface area contributed by atoms with Gasteiger partial charge in [-0.2, -0.15) is 0 Å². The summed E-state index contributed by atoms with van der Waals surface area (Å²) in [6.07, 6.45) is 3.27. The van der Waals surface area contributed by atoms with Crippen LogP contribution in [0.15, 0.2) is 30.3 Å². The van der Waals surface area contributed by atoms with E-state index in [2.05, 4.69) is 9.39 Å². The van der Waals surface area contributed by atoms with Gasteiger partial charge in [-0.1, -0.05) is 12.1 Å². The first kappa shape index (κ1) is 13.2. The second-order valence-corrected chi connectivity index (χ2v) is 5.68. The zero-order valence-electron chi connectivity index (χ0n) is 7.56. The number of hydrogen-bond acceptors (Lipinski definition) is 2. The molecule has 6 heteroatoms. The highest BCUT2D eigenvalue weighted by atomic mass is 127. The molecule has 1 atom stereocenters. The minimum atomic E-state index is -0.0742. The van der Waals surface area contributed by atoms with E-state index >= 15 is 0 Å². The van der Waals surface area contributed by atoms with Gasteiger partial charge in [0.1, 0.15) is 5.75 Å². The first-order valence-electron chi connectivity index (χ1n) is 3.95. The zero-order valence-corrected chi connectivity index (χ0v) is 13.0. The Bertz CT molecular complexity index is 365. The van der Waals surface area contributed by atoms with Gasteiger partial charge in [-0.25, -0.2) is 0 Å². The van der Waals surface area contributed by atoms with Gasteiger partial charge in [0.05, 0.1) is 22.9 Å². The first-order chi connectivity index (χ1) is 7.13. The Balaban J connectivity index is 2.69. The van der Waals surface area contributed by atoms with Crippen molar-refractivity contribution in [2.45, 2.75) is 0 Å². The molecule has 0 aromatic heterocycles. The second-order valence-electron chi connectivity index (χ2n) is 2.63. The Morgan fingerprint density at radius 1 is 1.40 bits per heavy atom. The summed E-state index contributed by atoms with van der Waals surface area (Å²) in [4.78, 5) is 11.2. The number of amides is 1. The Labute approximate surface area is 119 Å². The normalized spacial score (nSPS) is 10.3. The highest BCUT2D eigenvalue weighted by Crippen LogP contribution is 2.15. The number of benzene rings is 1. The molecule has 0 saturated heterocycles. The van der Waals surface area contributed by atoms with E-state index in [4.69, 9.17) is 3.07 Å². The average Bonchev–Trinajstić information content (AvgIpc) is 2.26. The van der Waals surface area contributed by atoms with E-state index < -0.39 is 0 Å². The SMILES string of the molecule is O=C(C=Cc1ccc(OI)cc1)N(P)I. The number of carbonyl (C=O) groups is 1. The lowest BCUT2D eigenvalue weighted by Gasteiger charge is -2.01. The standard InChI is InChI=1S/C9H8I2NO2P/c10-12(15)9(13)6-3-7-1-4-8(14-11)5-2-7/h1-6H,15H2. The first-order valence-corrected chi connectivity index (χ1v) is 6.31. The molecule has 1 amide bonds. The zero-order chi connectivity index (χ0) is 11.3. The van der Waals surface area contributed by atoms with Crippen LogP contribution in [0.5, 0.6) is 5.75 Å². The lowest BCUT2D eigenvalue weighted by Crippen LogP contribution is -2.04. The molecule has 0 aliphatic carbocycles. The molecule has 0 fully saturated rings. The van der Waals surface area contributed by atoms with Crippen LogP contribution in [0, 0.1) is 0 Å². The van der Waals surface area contributed by atoms with E-state index in [1.54, 1.807) is 6.08 Å². The van der Waals surface area contributed by atoms with Crippen molar-refractivity contribution in [3.05, 3.63) is 35.9 Å². The predicted octanol–water partition coefficient (Wildman–Crippen LogP) is 3.40. The molecule has 0 N–H and O–H groups in total. The molecule has 0 saturated carbocycles. The van der Waals surface area contributed by atoms with Gasteiger partial charge >= 0.3 is 0 Å². The van der Waals surface area contributed by atoms with Gasteiger partial charge < -0.3 is 3.07 Å². The van der Waals surface area contributed by atoms with Gasteiger partial charge in [0, 0.05) is 6.08 Å². The molecule has 1 aromatic carbocycles. The summed E-state index contributed by atoms with van der Waals surface area (Å²) in [6.45, 7) is 0. The van der Waals surface area contributed by atoms with Crippen molar-refractivity contribution in [2.75, 3.05) is 0 Å². The maximum absolute atomic E-state index is 11.2. The molecule has 0 radical (unpaired) electrons. The fourth-order valence-corrected chi connectivity index (χ4v) is 1.41. The van der Waals surface area contributed by atoms with E-state index in [1.165, 1.54) is 8.96 Å². The van der Waals surface area contributed by atoms with Crippen LogP contribution >= 0.6 is 55.3 Å². The third-order valence-corrected chi connectivity index (χ3v) is 2.84. The van der Waals surface area contributed by atoms with E-state index in [0.29, 0.717) is 0 Å².